The second-order valence-electron chi connectivity index (χ2n) is 6.47. The SMILES string of the molecule is Cc1cc(C)n(C2CCN(Cc3ccc(S(C)(=O)=O)cc3)C2)n1. The van der Waals surface area contributed by atoms with Crippen molar-refractivity contribution in [2.75, 3.05) is 19.3 Å². The van der Waals surface area contributed by atoms with Gasteiger partial charge in [0.15, 0.2) is 9.84 Å². The van der Waals surface area contributed by atoms with Gasteiger partial charge in [-0.3, -0.25) is 9.58 Å². The number of aryl methyl sites for hydroxylation is 2. The topological polar surface area (TPSA) is 55.2 Å². The lowest BCUT2D eigenvalue weighted by molar-refractivity contribution is 0.310. The molecule has 5 nitrogen and oxygen atoms in total. The fourth-order valence-electron chi connectivity index (χ4n) is 3.27. The Hall–Kier alpha value is -1.66. The Morgan fingerprint density at radius 1 is 1.22 bits per heavy atom. The summed E-state index contributed by atoms with van der Waals surface area (Å²) in [6.07, 6.45) is 2.34. The molecule has 0 spiro atoms. The molecule has 3 rings (SSSR count). The quantitative estimate of drug-likeness (QED) is 0.862. The average Bonchev–Trinajstić information content (AvgIpc) is 3.05. The van der Waals surface area contributed by atoms with Crippen molar-refractivity contribution in [3.63, 3.8) is 0 Å². The summed E-state index contributed by atoms with van der Waals surface area (Å²) >= 11 is 0. The third-order valence-electron chi connectivity index (χ3n) is 4.40. The van der Waals surface area contributed by atoms with Gasteiger partial charge in [0.05, 0.1) is 16.6 Å². The molecule has 1 unspecified atom stereocenters. The van der Waals surface area contributed by atoms with Crippen LogP contribution in [0.15, 0.2) is 35.2 Å². The molecular weight excluding hydrogens is 310 g/mol. The minimum absolute atomic E-state index is 0.378. The van der Waals surface area contributed by atoms with Crippen LogP contribution in [0, 0.1) is 13.8 Å². The van der Waals surface area contributed by atoms with Gasteiger partial charge in [0.1, 0.15) is 0 Å². The van der Waals surface area contributed by atoms with Gasteiger partial charge in [0.2, 0.25) is 0 Å². The monoisotopic (exact) mass is 333 g/mol. The summed E-state index contributed by atoms with van der Waals surface area (Å²) in [6.45, 7) is 7.00. The van der Waals surface area contributed by atoms with E-state index in [0.717, 1.165) is 37.3 Å². The van der Waals surface area contributed by atoms with E-state index in [-0.39, 0.29) is 0 Å². The average molecular weight is 333 g/mol. The smallest absolute Gasteiger partial charge is 0.175 e. The van der Waals surface area contributed by atoms with Crippen LogP contribution >= 0.6 is 0 Å². The third-order valence-corrected chi connectivity index (χ3v) is 5.52. The molecule has 1 fully saturated rings. The molecule has 1 aromatic heterocycles. The number of sulfone groups is 1. The molecule has 0 saturated carbocycles. The van der Waals surface area contributed by atoms with Crippen molar-refractivity contribution >= 4 is 9.84 Å². The molecule has 0 radical (unpaired) electrons. The predicted molar refractivity (Wildman–Crippen MR) is 90.2 cm³/mol. The third kappa shape index (κ3) is 3.64. The van der Waals surface area contributed by atoms with Crippen LogP contribution in [-0.2, 0) is 16.4 Å². The number of hydrogen-bond donors (Lipinski definition) is 0. The van der Waals surface area contributed by atoms with Gasteiger partial charge in [-0.1, -0.05) is 12.1 Å². The van der Waals surface area contributed by atoms with E-state index in [4.69, 9.17) is 0 Å². The second-order valence-corrected chi connectivity index (χ2v) is 8.48. The highest BCUT2D eigenvalue weighted by molar-refractivity contribution is 7.90. The van der Waals surface area contributed by atoms with E-state index < -0.39 is 9.84 Å². The molecule has 1 aromatic carbocycles. The highest BCUT2D eigenvalue weighted by Crippen LogP contribution is 2.24. The first-order valence-corrected chi connectivity index (χ1v) is 9.76. The summed E-state index contributed by atoms with van der Waals surface area (Å²) in [5.41, 5.74) is 3.43. The zero-order chi connectivity index (χ0) is 16.6. The molecule has 124 valence electrons. The van der Waals surface area contributed by atoms with Crippen LogP contribution < -0.4 is 0 Å². The first-order valence-electron chi connectivity index (χ1n) is 7.87. The fourth-order valence-corrected chi connectivity index (χ4v) is 3.90. The van der Waals surface area contributed by atoms with Crippen LogP contribution in [0.4, 0.5) is 0 Å². The van der Waals surface area contributed by atoms with Crippen LogP contribution in [-0.4, -0.2) is 42.4 Å². The van der Waals surface area contributed by atoms with Gasteiger partial charge in [-0.15, -0.1) is 0 Å². The molecule has 1 aliphatic rings. The van der Waals surface area contributed by atoms with Crippen LogP contribution in [0.25, 0.3) is 0 Å². The summed E-state index contributed by atoms with van der Waals surface area (Å²) in [5, 5.41) is 4.60. The first-order chi connectivity index (χ1) is 10.8. The van der Waals surface area contributed by atoms with Gasteiger partial charge >= 0.3 is 0 Å². The van der Waals surface area contributed by atoms with Crippen molar-refractivity contribution in [3.8, 4) is 0 Å². The minimum Gasteiger partial charge on any atom is -0.297 e. The molecule has 0 N–H and O–H groups in total. The van der Waals surface area contributed by atoms with Crippen molar-refractivity contribution in [2.45, 2.75) is 37.8 Å². The highest BCUT2D eigenvalue weighted by Gasteiger charge is 2.25. The summed E-state index contributed by atoms with van der Waals surface area (Å²) in [6, 6.07) is 9.75. The molecule has 1 atom stereocenters. The number of aromatic nitrogens is 2. The maximum Gasteiger partial charge on any atom is 0.175 e. The number of hydrogen-bond acceptors (Lipinski definition) is 4. The molecular formula is C17H23N3O2S. The standard InChI is InChI=1S/C17H23N3O2S/c1-13-10-14(2)20(18-13)16-8-9-19(12-16)11-15-4-6-17(7-5-15)23(3,21)22/h4-7,10,16H,8-9,11-12H2,1-3H3. The lowest BCUT2D eigenvalue weighted by Gasteiger charge is -2.17. The minimum atomic E-state index is -3.12. The number of benzene rings is 1. The van der Waals surface area contributed by atoms with E-state index in [1.807, 2.05) is 19.1 Å². The van der Waals surface area contributed by atoms with E-state index in [2.05, 4.69) is 27.7 Å². The molecule has 1 aliphatic heterocycles. The van der Waals surface area contributed by atoms with Crippen molar-refractivity contribution < 1.29 is 8.42 Å². The summed E-state index contributed by atoms with van der Waals surface area (Å²) < 4.78 is 25.1. The first kappa shape index (κ1) is 16.2. The molecule has 0 amide bonds. The Labute approximate surface area is 137 Å². The zero-order valence-corrected chi connectivity index (χ0v) is 14.7. The number of likely N-dealkylation sites (tertiary alicyclic amines) is 1. The molecule has 2 heterocycles. The maximum atomic E-state index is 11.5. The van der Waals surface area contributed by atoms with Gasteiger partial charge in [0.25, 0.3) is 0 Å². The largest absolute Gasteiger partial charge is 0.297 e. The summed E-state index contributed by atoms with van der Waals surface area (Å²) in [4.78, 5) is 2.78. The van der Waals surface area contributed by atoms with E-state index in [0.29, 0.717) is 10.9 Å². The summed E-state index contributed by atoms with van der Waals surface area (Å²) in [7, 11) is -3.12. The number of nitrogens with zero attached hydrogens (tertiary/aromatic N) is 3. The Kier molecular flexibility index (Phi) is 4.29. The Bertz CT molecular complexity index is 794. The Morgan fingerprint density at radius 3 is 2.48 bits per heavy atom. The van der Waals surface area contributed by atoms with Crippen LogP contribution in [0.2, 0.25) is 0 Å². The molecule has 1 saturated heterocycles. The summed E-state index contributed by atoms with van der Waals surface area (Å²) in [5.74, 6) is 0. The van der Waals surface area contributed by atoms with E-state index >= 15 is 0 Å². The molecule has 2 aromatic rings. The van der Waals surface area contributed by atoms with Gasteiger partial charge in [-0.05, 0) is 44.0 Å². The van der Waals surface area contributed by atoms with Crippen LogP contribution in [0.1, 0.15) is 29.4 Å². The molecule has 6 heteroatoms. The lowest BCUT2D eigenvalue weighted by atomic mass is 10.2. The van der Waals surface area contributed by atoms with Crippen molar-refractivity contribution in [1.29, 1.82) is 0 Å². The Balaban J connectivity index is 1.65. The van der Waals surface area contributed by atoms with E-state index in [9.17, 15) is 8.42 Å². The van der Waals surface area contributed by atoms with Crippen molar-refractivity contribution in [1.82, 2.24) is 14.7 Å². The van der Waals surface area contributed by atoms with Gasteiger partial charge in [-0.2, -0.15) is 5.10 Å². The maximum absolute atomic E-state index is 11.5. The van der Waals surface area contributed by atoms with E-state index in [1.54, 1.807) is 12.1 Å². The van der Waals surface area contributed by atoms with Crippen molar-refractivity contribution in [3.05, 3.63) is 47.3 Å². The van der Waals surface area contributed by atoms with Crippen LogP contribution in [0.3, 0.4) is 0 Å². The van der Waals surface area contributed by atoms with Gasteiger partial charge < -0.3 is 0 Å². The molecule has 23 heavy (non-hydrogen) atoms. The van der Waals surface area contributed by atoms with Gasteiger partial charge in [0, 0.05) is 31.6 Å². The molecule has 0 bridgehead atoms. The Morgan fingerprint density at radius 2 is 1.91 bits per heavy atom. The highest BCUT2D eigenvalue weighted by atomic mass is 32.2. The fraction of sp³-hybridized carbons (Fsp3) is 0.471. The second kappa shape index (κ2) is 6.09. The van der Waals surface area contributed by atoms with Crippen LogP contribution in [0.5, 0.6) is 0 Å². The lowest BCUT2D eigenvalue weighted by Crippen LogP contribution is -2.22. The van der Waals surface area contributed by atoms with Gasteiger partial charge in [-0.25, -0.2) is 8.42 Å². The molecule has 0 aliphatic carbocycles. The zero-order valence-electron chi connectivity index (χ0n) is 13.9. The predicted octanol–water partition coefficient (Wildman–Crippen LogP) is 2.35. The van der Waals surface area contributed by atoms with Crippen molar-refractivity contribution in [2.24, 2.45) is 0 Å². The number of rotatable bonds is 4. The normalized spacial score (nSPS) is 19.3. The van der Waals surface area contributed by atoms with E-state index in [1.165, 1.54) is 11.9 Å².